The van der Waals surface area contributed by atoms with Crippen LogP contribution in [0.4, 0.5) is 0 Å². The van der Waals surface area contributed by atoms with Crippen LogP contribution < -0.4 is 5.32 Å². The van der Waals surface area contributed by atoms with Crippen molar-refractivity contribution >= 4 is 0 Å². The first-order chi connectivity index (χ1) is 5.45. The Morgan fingerprint density at radius 1 is 1.64 bits per heavy atom. The molecule has 60 valence electrons. The molecule has 2 heterocycles. The number of hydrogen-bond donors (Lipinski definition) is 1. The van der Waals surface area contributed by atoms with Crippen molar-refractivity contribution in [1.29, 1.82) is 0 Å². The van der Waals surface area contributed by atoms with Crippen LogP contribution in [-0.2, 0) is 6.42 Å². The minimum Gasteiger partial charge on any atom is -0.472 e. The van der Waals surface area contributed by atoms with Crippen LogP contribution in [0.2, 0.25) is 0 Å². The quantitative estimate of drug-likeness (QED) is 0.694. The third kappa shape index (κ3) is 1.63. The molecule has 11 heavy (non-hydrogen) atoms. The summed E-state index contributed by atoms with van der Waals surface area (Å²) < 4.78 is 5.00. The van der Waals surface area contributed by atoms with Crippen molar-refractivity contribution in [3.05, 3.63) is 24.2 Å². The number of hydrogen-bond acceptors (Lipinski definition) is 2. The smallest absolute Gasteiger partial charge is 0.0935 e. The standard InChI is InChI=1S/C9H13NO/c1-2-9(10-4-1)6-8-3-5-11-7-8/h3,5,7,9-10H,1-2,4,6H2. The number of furan rings is 1. The van der Waals surface area contributed by atoms with E-state index in [1.54, 1.807) is 6.26 Å². The third-order valence-electron chi connectivity index (χ3n) is 2.22. The molecule has 1 N–H and O–H groups in total. The monoisotopic (exact) mass is 151 g/mol. The fourth-order valence-electron chi connectivity index (χ4n) is 1.62. The van der Waals surface area contributed by atoms with E-state index in [-0.39, 0.29) is 0 Å². The maximum Gasteiger partial charge on any atom is 0.0935 e. The highest BCUT2D eigenvalue weighted by Gasteiger charge is 2.14. The molecule has 0 radical (unpaired) electrons. The van der Waals surface area contributed by atoms with Crippen molar-refractivity contribution in [3.8, 4) is 0 Å². The van der Waals surface area contributed by atoms with Gasteiger partial charge in [0.25, 0.3) is 0 Å². The summed E-state index contributed by atoms with van der Waals surface area (Å²) in [5, 5.41) is 3.45. The summed E-state index contributed by atoms with van der Waals surface area (Å²) in [5.74, 6) is 0. The van der Waals surface area contributed by atoms with Crippen molar-refractivity contribution in [1.82, 2.24) is 5.32 Å². The summed E-state index contributed by atoms with van der Waals surface area (Å²) >= 11 is 0. The molecule has 0 aliphatic carbocycles. The Hall–Kier alpha value is -0.760. The van der Waals surface area contributed by atoms with Gasteiger partial charge in [-0.1, -0.05) is 0 Å². The van der Waals surface area contributed by atoms with Crippen LogP contribution in [0.25, 0.3) is 0 Å². The predicted octanol–water partition coefficient (Wildman–Crippen LogP) is 1.57. The molecule has 0 spiro atoms. The van der Waals surface area contributed by atoms with E-state index in [0.717, 1.165) is 6.42 Å². The number of nitrogens with one attached hydrogen (secondary N) is 1. The molecular formula is C9H13NO. The second kappa shape index (κ2) is 3.09. The molecule has 0 amide bonds. The first kappa shape index (κ1) is 6.92. The lowest BCUT2D eigenvalue weighted by Crippen LogP contribution is -2.23. The minimum absolute atomic E-state index is 0.688. The van der Waals surface area contributed by atoms with Crippen molar-refractivity contribution in [2.24, 2.45) is 0 Å². The van der Waals surface area contributed by atoms with Crippen LogP contribution >= 0.6 is 0 Å². The molecule has 0 bridgehead atoms. The third-order valence-corrected chi connectivity index (χ3v) is 2.22. The predicted molar refractivity (Wildman–Crippen MR) is 43.4 cm³/mol. The van der Waals surface area contributed by atoms with Gasteiger partial charge in [0.15, 0.2) is 0 Å². The van der Waals surface area contributed by atoms with Gasteiger partial charge >= 0.3 is 0 Å². The first-order valence-corrected chi connectivity index (χ1v) is 4.19. The zero-order valence-corrected chi connectivity index (χ0v) is 6.55. The fourth-order valence-corrected chi connectivity index (χ4v) is 1.62. The maximum atomic E-state index is 5.00. The highest BCUT2D eigenvalue weighted by Crippen LogP contribution is 2.11. The van der Waals surface area contributed by atoms with Crippen molar-refractivity contribution in [3.63, 3.8) is 0 Å². The molecule has 1 saturated heterocycles. The van der Waals surface area contributed by atoms with Crippen LogP contribution in [0.3, 0.4) is 0 Å². The van der Waals surface area contributed by atoms with Gasteiger partial charge in [0.2, 0.25) is 0 Å². The van der Waals surface area contributed by atoms with Gasteiger partial charge < -0.3 is 9.73 Å². The van der Waals surface area contributed by atoms with Gasteiger partial charge in [-0.15, -0.1) is 0 Å². The Kier molecular flexibility index (Phi) is 1.95. The topological polar surface area (TPSA) is 25.2 Å². The van der Waals surface area contributed by atoms with E-state index in [9.17, 15) is 0 Å². The molecule has 1 aromatic rings. The Labute approximate surface area is 66.6 Å². The highest BCUT2D eigenvalue weighted by molar-refractivity contribution is 5.07. The molecule has 0 aromatic carbocycles. The summed E-state index contributed by atoms with van der Waals surface area (Å²) in [5.41, 5.74) is 1.31. The van der Waals surface area contributed by atoms with Crippen molar-refractivity contribution < 1.29 is 4.42 Å². The summed E-state index contributed by atoms with van der Waals surface area (Å²) in [6.45, 7) is 1.18. The van der Waals surface area contributed by atoms with Gasteiger partial charge in [0.1, 0.15) is 0 Å². The van der Waals surface area contributed by atoms with Crippen molar-refractivity contribution in [2.45, 2.75) is 25.3 Å². The van der Waals surface area contributed by atoms with Gasteiger partial charge in [-0.3, -0.25) is 0 Å². The molecule has 1 atom stereocenters. The zero-order valence-electron chi connectivity index (χ0n) is 6.55. The van der Waals surface area contributed by atoms with Crippen molar-refractivity contribution in [2.75, 3.05) is 6.54 Å². The van der Waals surface area contributed by atoms with Crippen LogP contribution in [0.5, 0.6) is 0 Å². The molecule has 1 aliphatic rings. The Balaban J connectivity index is 1.90. The summed E-state index contributed by atoms with van der Waals surface area (Å²) in [4.78, 5) is 0. The van der Waals surface area contributed by atoms with Crippen LogP contribution in [0.1, 0.15) is 18.4 Å². The lowest BCUT2D eigenvalue weighted by atomic mass is 10.1. The molecule has 2 nitrogen and oxygen atoms in total. The summed E-state index contributed by atoms with van der Waals surface area (Å²) in [7, 11) is 0. The summed E-state index contributed by atoms with van der Waals surface area (Å²) in [6.07, 6.45) is 7.33. The molecule has 1 aromatic heterocycles. The van der Waals surface area contributed by atoms with Gasteiger partial charge in [0, 0.05) is 6.04 Å². The lowest BCUT2D eigenvalue weighted by Gasteiger charge is -2.06. The van der Waals surface area contributed by atoms with E-state index in [0.29, 0.717) is 6.04 Å². The maximum absolute atomic E-state index is 5.00. The van der Waals surface area contributed by atoms with Crippen LogP contribution in [0, 0.1) is 0 Å². The Morgan fingerprint density at radius 3 is 3.27 bits per heavy atom. The Bertz CT molecular complexity index is 199. The lowest BCUT2D eigenvalue weighted by molar-refractivity contribution is 0.554. The molecule has 1 unspecified atom stereocenters. The largest absolute Gasteiger partial charge is 0.472 e. The van der Waals surface area contributed by atoms with Gasteiger partial charge in [-0.25, -0.2) is 0 Å². The van der Waals surface area contributed by atoms with E-state index >= 15 is 0 Å². The second-order valence-electron chi connectivity index (χ2n) is 3.13. The zero-order chi connectivity index (χ0) is 7.52. The number of rotatable bonds is 2. The Morgan fingerprint density at radius 2 is 2.64 bits per heavy atom. The SMILES string of the molecule is c1cc(CC2CCCN2)co1. The molecule has 2 heteroatoms. The van der Waals surface area contributed by atoms with E-state index < -0.39 is 0 Å². The van der Waals surface area contributed by atoms with Gasteiger partial charge in [-0.2, -0.15) is 0 Å². The average Bonchev–Trinajstić information content (AvgIpc) is 2.60. The highest BCUT2D eigenvalue weighted by atomic mass is 16.3. The van der Waals surface area contributed by atoms with E-state index in [2.05, 4.69) is 5.32 Å². The van der Waals surface area contributed by atoms with E-state index in [1.807, 2.05) is 12.3 Å². The summed E-state index contributed by atoms with van der Waals surface area (Å²) in [6, 6.07) is 2.73. The normalized spacial score (nSPS) is 24.2. The molecule has 2 rings (SSSR count). The average molecular weight is 151 g/mol. The van der Waals surface area contributed by atoms with Gasteiger partial charge in [0.05, 0.1) is 12.5 Å². The molecule has 0 saturated carbocycles. The van der Waals surface area contributed by atoms with Crippen LogP contribution in [0.15, 0.2) is 23.0 Å². The molecule has 1 fully saturated rings. The van der Waals surface area contributed by atoms with E-state index in [4.69, 9.17) is 4.42 Å². The second-order valence-corrected chi connectivity index (χ2v) is 3.13. The van der Waals surface area contributed by atoms with E-state index in [1.165, 1.54) is 24.9 Å². The van der Waals surface area contributed by atoms with Crippen LogP contribution in [-0.4, -0.2) is 12.6 Å². The fraction of sp³-hybridized carbons (Fsp3) is 0.556. The molecular weight excluding hydrogens is 138 g/mol. The minimum atomic E-state index is 0.688. The molecule has 1 aliphatic heterocycles. The van der Waals surface area contributed by atoms with Gasteiger partial charge in [-0.05, 0) is 37.4 Å². The first-order valence-electron chi connectivity index (χ1n) is 4.19.